The Morgan fingerprint density at radius 2 is 2.38 bits per heavy atom. The Bertz CT molecular complexity index is 252. The van der Waals surface area contributed by atoms with Crippen molar-refractivity contribution in [2.75, 3.05) is 12.4 Å². The molecule has 0 bridgehead atoms. The number of nitriles is 1. The number of rotatable bonds is 6. The minimum Gasteiger partial charge on any atom is -0.396 e. The summed E-state index contributed by atoms with van der Waals surface area (Å²) in [5.41, 5.74) is -0.301. The van der Waals surface area contributed by atoms with Crippen LogP contribution in [0.25, 0.3) is 0 Å². The van der Waals surface area contributed by atoms with Crippen molar-refractivity contribution in [1.82, 2.24) is 5.32 Å². The second-order valence-corrected chi connectivity index (χ2v) is 6.21. The zero-order valence-electron chi connectivity index (χ0n) is 10.2. The molecule has 1 fully saturated rings. The van der Waals surface area contributed by atoms with E-state index in [2.05, 4.69) is 25.2 Å². The Morgan fingerprint density at radius 3 is 2.94 bits per heavy atom. The second-order valence-electron chi connectivity index (χ2n) is 4.81. The van der Waals surface area contributed by atoms with Crippen LogP contribution in [-0.2, 0) is 0 Å². The van der Waals surface area contributed by atoms with Crippen LogP contribution in [0, 0.1) is 11.3 Å². The molecule has 0 aromatic rings. The minimum atomic E-state index is -0.301. The van der Waals surface area contributed by atoms with Crippen LogP contribution in [0.5, 0.6) is 0 Å². The van der Waals surface area contributed by atoms with E-state index >= 15 is 0 Å². The molecule has 3 nitrogen and oxygen atoms in total. The zero-order chi connectivity index (χ0) is 12.0. The number of nitrogens with one attached hydrogen (secondary N) is 1. The monoisotopic (exact) mass is 242 g/mol. The van der Waals surface area contributed by atoms with Crippen LogP contribution in [0.15, 0.2) is 0 Å². The third kappa shape index (κ3) is 3.97. The fourth-order valence-electron chi connectivity index (χ4n) is 2.27. The predicted octanol–water partition coefficient (Wildman–Crippen LogP) is 1.91. The third-order valence-electron chi connectivity index (χ3n) is 2.90. The number of hydrogen-bond donors (Lipinski definition) is 2. The van der Waals surface area contributed by atoms with Gasteiger partial charge in [0.2, 0.25) is 0 Å². The van der Waals surface area contributed by atoms with Gasteiger partial charge in [0.1, 0.15) is 5.54 Å². The van der Waals surface area contributed by atoms with Crippen molar-refractivity contribution >= 4 is 11.8 Å². The van der Waals surface area contributed by atoms with E-state index in [0.717, 1.165) is 31.4 Å². The van der Waals surface area contributed by atoms with Gasteiger partial charge in [-0.1, -0.05) is 0 Å². The van der Waals surface area contributed by atoms with E-state index in [0.29, 0.717) is 11.3 Å². The van der Waals surface area contributed by atoms with Gasteiger partial charge in [0, 0.05) is 17.9 Å². The van der Waals surface area contributed by atoms with E-state index in [1.165, 1.54) is 0 Å². The Labute approximate surface area is 103 Å². The summed E-state index contributed by atoms with van der Waals surface area (Å²) in [4.78, 5) is 0. The van der Waals surface area contributed by atoms with E-state index in [9.17, 15) is 5.26 Å². The van der Waals surface area contributed by atoms with Crippen LogP contribution in [0.2, 0.25) is 0 Å². The molecule has 16 heavy (non-hydrogen) atoms. The van der Waals surface area contributed by atoms with E-state index in [1.54, 1.807) is 0 Å². The fourth-order valence-corrected chi connectivity index (χ4v) is 3.59. The molecule has 0 radical (unpaired) electrons. The standard InChI is InChI=1S/C12H22N2OS/c1-10(2)14-12(9-13)5-4-11(8-12)16-7-3-6-15/h10-11,14-15H,3-8H2,1-2H3. The highest BCUT2D eigenvalue weighted by atomic mass is 32.2. The minimum absolute atomic E-state index is 0.271. The van der Waals surface area contributed by atoms with Crippen molar-refractivity contribution in [2.45, 2.75) is 56.4 Å². The molecule has 2 unspecified atom stereocenters. The van der Waals surface area contributed by atoms with E-state index in [-0.39, 0.29) is 12.1 Å². The Balaban J connectivity index is 2.39. The van der Waals surface area contributed by atoms with Crippen molar-refractivity contribution in [3.63, 3.8) is 0 Å². The molecule has 0 spiro atoms. The first-order valence-corrected chi connectivity index (χ1v) is 7.08. The molecule has 4 heteroatoms. The van der Waals surface area contributed by atoms with Gasteiger partial charge in [0.15, 0.2) is 0 Å². The lowest BCUT2D eigenvalue weighted by atomic mass is 9.99. The van der Waals surface area contributed by atoms with E-state index < -0.39 is 0 Å². The van der Waals surface area contributed by atoms with Gasteiger partial charge in [0.05, 0.1) is 6.07 Å². The lowest BCUT2D eigenvalue weighted by molar-refractivity contribution is 0.296. The summed E-state index contributed by atoms with van der Waals surface area (Å²) in [6.45, 7) is 4.45. The summed E-state index contributed by atoms with van der Waals surface area (Å²) < 4.78 is 0. The van der Waals surface area contributed by atoms with Crippen molar-refractivity contribution < 1.29 is 5.11 Å². The molecule has 0 saturated heterocycles. The van der Waals surface area contributed by atoms with Gasteiger partial charge in [-0.3, -0.25) is 5.32 Å². The van der Waals surface area contributed by atoms with Gasteiger partial charge < -0.3 is 5.11 Å². The van der Waals surface area contributed by atoms with Crippen LogP contribution in [0.1, 0.15) is 39.5 Å². The molecule has 1 aliphatic rings. The quantitative estimate of drug-likeness (QED) is 0.699. The molecule has 2 N–H and O–H groups in total. The molecular formula is C12H22N2OS. The van der Waals surface area contributed by atoms with Gasteiger partial charge in [-0.05, 0) is 45.3 Å². The molecule has 1 aliphatic carbocycles. The predicted molar refractivity (Wildman–Crippen MR) is 68.4 cm³/mol. The maximum Gasteiger partial charge on any atom is 0.108 e. The molecule has 1 rings (SSSR count). The highest BCUT2D eigenvalue weighted by Crippen LogP contribution is 2.37. The van der Waals surface area contributed by atoms with Gasteiger partial charge in [-0.2, -0.15) is 17.0 Å². The molecule has 92 valence electrons. The second kappa shape index (κ2) is 6.48. The number of aliphatic hydroxyl groups excluding tert-OH is 1. The lowest BCUT2D eigenvalue weighted by Gasteiger charge is -2.25. The largest absolute Gasteiger partial charge is 0.396 e. The van der Waals surface area contributed by atoms with Crippen LogP contribution in [-0.4, -0.2) is 34.3 Å². The molecule has 0 aromatic carbocycles. The molecule has 0 aliphatic heterocycles. The first kappa shape index (κ1) is 13.8. The van der Waals surface area contributed by atoms with E-state index in [4.69, 9.17) is 5.11 Å². The Hall–Kier alpha value is -0.240. The van der Waals surface area contributed by atoms with Gasteiger partial charge >= 0.3 is 0 Å². The normalized spacial score (nSPS) is 29.6. The zero-order valence-corrected chi connectivity index (χ0v) is 11.0. The Morgan fingerprint density at radius 1 is 1.62 bits per heavy atom. The number of thioether (sulfide) groups is 1. The number of nitrogens with zero attached hydrogens (tertiary/aromatic N) is 1. The van der Waals surface area contributed by atoms with Crippen molar-refractivity contribution in [3.8, 4) is 6.07 Å². The van der Waals surface area contributed by atoms with Crippen molar-refractivity contribution in [2.24, 2.45) is 0 Å². The molecular weight excluding hydrogens is 220 g/mol. The lowest BCUT2D eigenvalue weighted by Crippen LogP contribution is -2.45. The smallest absolute Gasteiger partial charge is 0.108 e. The maximum absolute atomic E-state index is 9.29. The number of aliphatic hydroxyl groups is 1. The van der Waals surface area contributed by atoms with Crippen LogP contribution < -0.4 is 5.32 Å². The summed E-state index contributed by atoms with van der Waals surface area (Å²) in [5.74, 6) is 1.00. The van der Waals surface area contributed by atoms with Gasteiger partial charge in [0.25, 0.3) is 0 Å². The van der Waals surface area contributed by atoms with Crippen LogP contribution in [0.3, 0.4) is 0 Å². The van der Waals surface area contributed by atoms with Crippen LogP contribution >= 0.6 is 11.8 Å². The van der Waals surface area contributed by atoms with E-state index in [1.807, 2.05) is 11.8 Å². The Kier molecular flexibility index (Phi) is 5.60. The summed E-state index contributed by atoms with van der Waals surface area (Å²) in [5, 5.41) is 22.0. The third-order valence-corrected chi connectivity index (χ3v) is 4.30. The summed E-state index contributed by atoms with van der Waals surface area (Å²) in [7, 11) is 0. The van der Waals surface area contributed by atoms with Gasteiger partial charge in [-0.15, -0.1) is 0 Å². The van der Waals surface area contributed by atoms with Gasteiger partial charge in [-0.25, -0.2) is 0 Å². The van der Waals surface area contributed by atoms with Crippen LogP contribution in [0.4, 0.5) is 0 Å². The molecule has 0 heterocycles. The summed E-state index contributed by atoms with van der Waals surface area (Å²) >= 11 is 1.90. The molecule has 2 atom stereocenters. The highest BCUT2D eigenvalue weighted by Gasteiger charge is 2.39. The average molecular weight is 242 g/mol. The maximum atomic E-state index is 9.29. The molecule has 0 amide bonds. The van der Waals surface area contributed by atoms with Crippen molar-refractivity contribution in [1.29, 1.82) is 5.26 Å². The highest BCUT2D eigenvalue weighted by molar-refractivity contribution is 7.99. The first-order chi connectivity index (χ1) is 7.62. The fraction of sp³-hybridized carbons (Fsp3) is 0.917. The van der Waals surface area contributed by atoms with Crippen molar-refractivity contribution in [3.05, 3.63) is 0 Å². The first-order valence-electron chi connectivity index (χ1n) is 6.03. The average Bonchev–Trinajstić information content (AvgIpc) is 2.62. The topological polar surface area (TPSA) is 56.0 Å². The SMILES string of the molecule is CC(C)NC1(C#N)CCC(SCCCO)C1. The summed E-state index contributed by atoms with van der Waals surface area (Å²) in [6, 6.07) is 2.82. The molecule has 1 saturated carbocycles. The molecule has 0 aromatic heterocycles. The number of hydrogen-bond acceptors (Lipinski definition) is 4. The summed E-state index contributed by atoms with van der Waals surface area (Å²) in [6.07, 6.45) is 3.87.